The summed E-state index contributed by atoms with van der Waals surface area (Å²) in [5, 5.41) is 0. The SMILES string of the molecule is COc1ccc([C@H]2CCCN2CC(=O)N(CCC(N)=O)c2ccccc2OC)cc1. The van der Waals surface area contributed by atoms with Gasteiger partial charge in [0.15, 0.2) is 0 Å². The van der Waals surface area contributed by atoms with E-state index in [1.807, 2.05) is 30.3 Å². The summed E-state index contributed by atoms with van der Waals surface area (Å²) in [6, 6.07) is 15.5. The number of primary amides is 1. The van der Waals surface area contributed by atoms with E-state index in [9.17, 15) is 9.59 Å². The average Bonchev–Trinajstić information content (AvgIpc) is 3.22. The first kappa shape index (κ1) is 21.6. The fourth-order valence-electron chi connectivity index (χ4n) is 3.93. The van der Waals surface area contributed by atoms with Crippen molar-refractivity contribution in [1.29, 1.82) is 0 Å². The topological polar surface area (TPSA) is 85.1 Å². The Kier molecular flexibility index (Phi) is 7.30. The van der Waals surface area contributed by atoms with Crippen LogP contribution in [0.5, 0.6) is 11.5 Å². The predicted octanol–water partition coefficient (Wildman–Crippen LogP) is 2.75. The zero-order valence-electron chi connectivity index (χ0n) is 17.5. The van der Waals surface area contributed by atoms with Gasteiger partial charge in [-0.1, -0.05) is 24.3 Å². The van der Waals surface area contributed by atoms with E-state index in [0.717, 1.165) is 25.1 Å². The molecule has 3 rings (SSSR count). The Hall–Kier alpha value is -3.06. The van der Waals surface area contributed by atoms with Gasteiger partial charge in [0.1, 0.15) is 11.5 Å². The summed E-state index contributed by atoms with van der Waals surface area (Å²) in [5.41, 5.74) is 7.16. The molecule has 0 unspecified atom stereocenters. The molecule has 0 radical (unpaired) electrons. The van der Waals surface area contributed by atoms with E-state index in [-0.39, 0.29) is 31.5 Å². The molecule has 2 aromatic carbocycles. The molecular weight excluding hydrogens is 382 g/mol. The van der Waals surface area contributed by atoms with Crippen LogP contribution in [0.15, 0.2) is 48.5 Å². The van der Waals surface area contributed by atoms with Gasteiger partial charge in [-0.2, -0.15) is 0 Å². The largest absolute Gasteiger partial charge is 0.497 e. The van der Waals surface area contributed by atoms with Gasteiger partial charge in [0, 0.05) is 19.0 Å². The highest BCUT2D eigenvalue weighted by molar-refractivity contribution is 5.96. The van der Waals surface area contributed by atoms with Gasteiger partial charge in [-0.25, -0.2) is 0 Å². The Morgan fingerprint density at radius 3 is 2.50 bits per heavy atom. The zero-order valence-corrected chi connectivity index (χ0v) is 17.5. The molecule has 0 aromatic heterocycles. The fraction of sp³-hybridized carbons (Fsp3) is 0.391. The number of rotatable bonds is 9. The van der Waals surface area contributed by atoms with Crippen molar-refractivity contribution < 1.29 is 19.1 Å². The van der Waals surface area contributed by atoms with E-state index in [1.54, 1.807) is 25.2 Å². The molecule has 7 heteroatoms. The highest BCUT2D eigenvalue weighted by atomic mass is 16.5. The van der Waals surface area contributed by atoms with Crippen LogP contribution in [0, 0.1) is 0 Å². The van der Waals surface area contributed by atoms with Crippen molar-refractivity contribution in [2.24, 2.45) is 5.73 Å². The lowest BCUT2D eigenvalue weighted by molar-refractivity contribution is -0.120. The summed E-state index contributed by atoms with van der Waals surface area (Å²) >= 11 is 0. The summed E-state index contributed by atoms with van der Waals surface area (Å²) < 4.78 is 10.7. The summed E-state index contributed by atoms with van der Waals surface area (Å²) in [7, 11) is 3.21. The first-order valence-corrected chi connectivity index (χ1v) is 10.1. The van der Waals surface area contributed by atoms with Crippen molar-refractivity contribution in [2.75, 3.05) is 38.8 Å². The van der Waals surface area contributed by atoms with Crippen molar-refractivity contribution in [3.63, 3.8) is 0 Å². The predicted molar refractivity (Wildman–Crippen MR) is 116 cm³/mol. The number of ether oxygens (including phenoxy) is 2. The monoisotopic (exact) mass is 411 g/mol. The molecule has 7 nitrogen and oxygen atoms in total. The van der Waals surface area contributed by atoms with Gasteiger partial charge in [-0.3, -0.25) is 14.5 Å². The molecule has 1 atom stereocenters. The number of hydrogen-bond acceptors (Lipinski definition) is 5. The molecule has 1 fully saturated rings. The third-order valence-corrected chi connectivity index (χ3v) is 5.46. The standard InChI is InChI=1S/C23H29N3O4/c1-29-18-11-9-17(10-12-18)19-7-5-14-25(19)16-23(28)26(15-13-22(24)27)20-6-3-4-8-21(20)30-2/h3-4,6,8-12,19H,5,7,13-16H2,1-2H3,(H2,24,27)/t19-/m1/s1. The number of carbonyl (C=O) groups excluding carboxylic acids is 2. The van der Waals surface area contributed by atoms with Crippen molar-refractivity contribution in [1.82, 2.24) is 4.90 Å². The molecule has 0 bridgehead atoms. The first-order chi connectivity index (χ1) is 14.5. The van der Waals surface area contributed by atoms with Gasteiger partial charge in [-0.05, 0) is 49.2 Å². The zero-order chi connectivity index (χ0) is 21.5. The van der Waals surface area contributed by atoms with Crippen molar-refractivity contribution in [2.45, 2.75) is 25.3 Å². The molecule has 2 N–H and O–H groups in total. The Morgan fingerprint density at radius 1 is 1.10 bits per heavy atom. The third kappa shape index (κ3) is 5.10. The van der Waals surface area contributed by atoms with Crippen molar-refractivity contribution in [3.05, 3.63) is 54.1 Å². The Balaban J connectivity index is 1.79. The second-order valence-corrected chi connectivity index (χ2v) is 7.34. The van der Waals surface area contributed by atoms with Crippen LogP contribution >= 0.6 is 0 Å². The maximum Gasteiger partial charge on any atom is 0.241 e. The molecule has 1 aliphatic rings. The van der Waals surface area contributed by atoms with E-state index in [1.165, 1.54) is 5.56 Å². The van der Waals surface area contributed by atoms with Crippen molar-refractivity contribution in [3.8, 4) is 11.5 Å². The number of likely N-dealkylation sites (tertiary alicyclic amines) is 1. The van der Waals surface area contributed by atoms with Gasteiger partial charge in [0.25, 0.3) is 0 Å². The maximum atomic E-state index is 13.3. The molecule has 2 aromatic rings. The lowest BCUT2D eigenvalue weighted by atomic mass is 10.0. The van der Waals surface area contributed by atoms with Crippen LogP contribution in [0.2, 0.25) is 0 Å². The van der Waals surface area contributed by atoms with Gasteiger partial charge < -0.3 is 20.1 Å². The molecule has 0 spiro atoms. The van der Waals surface area contributed by atoms with Gasteiger partial charge in [0.2, 0.25) is 11.8 Å². The van der Waals surface area contributed by atoms with Gasteiger partial charge in [0.05, 0.1) is 26.5 Å². The second kappa shape index (κ2) is 10.1. The number of amides is 2. The van der Waals surface area contributed by atoms with E-state index in [4.69, 9.17) is 15.2 Å². The Bertz CT molecular complexity index is 869. The minimum Gasteiger partial charge on any atom is -0.497 e. The molecule has 1 saturated heterocycles. The number of hydrogen-bond donors (Lipinski definition) is 1. The quantitative estimate of drug-likeness (QED) is 0.686. The Morgan fingerprint density at radius 2 is 1.83 bits per heavy atom. The summed E-state index contributed by atoms with van der Waals surface area (Å²) in [5.74, 6) is 0.873. The number of anilines is 1. The van der Waals surface area contributed by atoms with Gasteiger partial charge >= 0.3 is 0 Å². The summed E-state index contributed by atoms with van der Waals surface area (Å²) in [6.45, 7) is 1.32. The summed E-state index contributed by atoms with van der Waals surface area (Å²) in [4.78, 5) is 28.5. The van der Waals surface area contributed by atoms with E-state index >= 15 is 0 Å². The molecule has 1 aliphatic heterocycles. The lowest BCUT2D eigenvalue weighted by Gasteiger charge is -2.29. The minimum atomic E-state index is -0.444. The molecule has 0 saturated carbocycles. The van der Waals surface area contributed by atoms with Crippen LogP contribution in [0.1, 0.15) is 30.9 Å². The highest BCUT2D eigenvalue weighted by Gasteiger charge is 2.30. The van der Waals surface area contributed by atoms with Crippen LogP contribution in [-0.4, -0.2) is 50.6 Å². The third-order valence-electron chi connectivity index (χ3n) is 5.46. The number of carbonyl (C=O) groups is 2. The fourth-order valence-corrected chi connectivity index (χ4v) is 3.93. The number of benzene rings is 2. The highest BCUT2D eigenvalue weighted by Crippen LogP contribution is 2.33. The minimum absolute atomic E-state index is 0.0823. The molecule has 1 heterocycles. The molecule has 0 aliphatic carbocycles. The average molecular weight is 412 g/mol. The number of methoxy groups -OCH3 is 2. The van der Waals surface area contributed by atoms with E-state index in [0.29, 0.717) is 11.4 Å². The number of para-hydroxylation sites is 2. The van der Waals surface area contributed by atoms with E-state index < -0.39 is 5.91 Å². The molecule has 160 valence electrons. The number of nitrogens with zero attached hydrogens (tertiary/aromatic N) is 2. The maximum absolute atomic E-state index is 13.3. The second-order valence-electron chi connectivity index (χ2n) is 7.34. The normalized spacial score (nSPS) is 16.3. The smallest absolute Gasteiger partial charge is 0.241 e. The van der Waals surface area contributed by atoms with Crippen molar-refractivity contribution >= 4 is 17.5 Å². The summed E-state index contributed by atoms with van der Waals surface area (Å²) in [6.07, 6.45) is 2.11. The van der Waals surface area contributed by atoms with Crippen LogP contribution in [-0.2, 0) is 9.59 Å². The van der Waals surface area contributed by atoms with Crippen LogP contribution in [0.4, 0.5) is 5.69 Å². The van der Waals surface area contributed by atoms with Gasteiger partial charge in [-0.15, -0.1) is 0 Å². The number of nitrogens with two attached hydrogens (primary N) is 1. The Labute approximate surface area is 177 Å². The van der Waals surface area contributed by atoms with Crippen LogP contribution < -0.4 is 20.1 Å². The molecule has 30 heavy (non-hydrogen) atoms. The van der Waals surface area contributed by atoms with Crippen LogP contribution in [0.25, 0.3) is 0 Å². The lowest BCUT2D eigenvalue weighted by Crippen LogP contribution is -2.41. The van der Waals surface area contributed by atoms with E-state index in [2.05, 4.69) is 17.0 Å². The van der Waals surface area contributed by atoms with Crippen LogP contribution in [0.3, 0.4) is 0 Å². The first-order valence-electron chi connectivity index (χ1n) is 10.1. The molecular formula is C23H29N3O4. The molecule has 2 amide bonds.